The molecule has 2 rings (SSSR count). The molecule has 1 aliphatic heterocycles. The van der Waals surface area contributed by atoms with E-state index < -0.39 is 10.0 Å². The molecule has 1 saturated heterocycles. The van der Waals surface area contributed by atoms with Crippen LogP contribution in [-0.2, 0) is 14.8 Å². The van der Waals surface area contributed by atoms with Gasteiger partial charge < -0.3 is 10.1 Å². The van der Waals surface area contributed by atoms with E-state index in [1.165, 1.54) is 0 Å². The van der Waals surface area contributed by atoms with Gasteiger partial charge in [0.2, 0.25) is 10.0 Å². The molecule has 0 bridgehead atoms. The maximum absolute atomic E-state index is 12.3. The highest BCUT2D eigenvalue weighted by Gasteiger charge is 2.34. The fraction of sp³-hybridized carbons (Fsp3) is 0.571. The van der Waals surface area contributed by atoms with Gasteiger partial charge in [0.15, 0.2) is 0 Å². The molecule has 0 aromatic heterocycles. The maximum Gasteiger partial charge on any atom is 0.240 e. The standard InChI is InChI=1S/C14H22N2O3S/c1-12-4-6-13(7-5-12)20(17,18)16-10-14(11-19-2)8-3-9-15-14/h4-7,15-16H,3,8-11H2,1-2H3. The zero-order chi connectivity index (χ0) is 14.6. The minimum absolute atomic E-state index is 0.285. The predicted molar refractivity (Wildman–Crippen MR) is 78.2 cm³/mol. The lowest BCUT2D eigenvalue weighted by molar-refractivity contribution is 0.122. The van der Waals surface area contributed by atoms with Gasteiger partial charge in [-0.2, -0.15) is 0 Å². The molecular formula is C14H22N2O3S. The third kappa shape index (κ3) is 3.58. The van der Waals surface area contributed by atoms with Gasteiger partial charge in [-0.1, -0.05) is 17.7 Å². The molecule has 0 spiro atoms. The topological polar surface area (TPSA) is 67.4 Å². The summed E-state index contributed by atoms with van der Waals surface area (Å²) in [5.74, 6) is 0. The van der Waals surface area contributed by atoms with Gasteiger partial charge in [-0.25, -0.2) is 13.1 Å². The molecular weight excluding hydrogens is 276 g/mol. The third-order valence-corrected chi connectivity index (χ3v) is 5.10. The highest BCUT2D eigenvalue weighted by Crippen LogP contribution is 2.20. The summed E-state index contributed by atoms with van der Waals surface area (Å²) in [5, 5.41) is 3.35. The van der Waals surface area contributed by atoms with E-state index in [9.17, 15) is 8.42 Å². The van der Waals surface area contributed by atoms with Gasteiger partial charge in [0.05, 0.1) is 17.0 Å². The molecule has 1 unspecified atom stereocenters. The lowest BCUT2D eigenvalue weighted by atomic mass is 9.99. The Morgan fingerprint density at radius 2 is 2.05 bits per heavy atom. The Bertz CT molecular complexity index is 534. The van der Waals surface area contributed by atoms with Crippen LogP contribution in [0.3, 0.4) is 0 Å². The van der Waals surface area contributed by atoms with E-state index in [0.717, 1.165) is 24.9 Å². The van der Waals surface area contributed by atoms with Crippen LogP contribution in [0.5, 0.6) is 0 Å². The van der Waals surface area contributed by atoms with E-state index in [0.29, 0.717) is 18.0 Å². The van der Waals surface area contributed by atoms with Crippen molar-refractivity contribution in [2.45, 2.75) is 30.2 Å². The van der Waals surface area contributed by atoms with E-state index in [1.807, 2.05) is 6.92 Å². The molecule has 6 heteroatoms. The minimum atomic E-state index is -3.47. The van der Waals surface area contributed by atoms with Gasteiger partial charge in [-0.05, 0) is 38.4 Å². The normalized spacial score (nSPS) is 23.1. The molecule has 0 aliphatic carbocycles. The van der Waals surface area contributed by atoms with Crippen molar-refractivity contribution in [1.82, 2.24) is 10.0 Å². The Morgan fingerprint density at radius 3 is 2.60 bits per heavy atom. The van der Waals surface area contributed by atoms with Gasteiger partial charge in [-0.15, -0.1) is 0 Å². The molecule has 1 aromatic carbocycles. The molecule has 20 heavy (non-hydrogen) atoms. The molecule has 1 aliphatic rings. The molecule has 1 heterocycles. The first-order valence-corrected chi connectivity index (χ1v) is 8.26. The monoisotopic (exact) mass is 298 g/mol. The number of hydrogen-bond donors (Lipinski definition) is 2. The van der Waals surface area contributed by atoms with Crippen molar-refractivity contribution < 1.29 is 13.2 Å². The fourth-order valence-corrected chi connectivity index (χ4v) is 3.63. The number of aryl methyl sites for hydroxylation is 1. The van der Waals surface area contributed by atoms with Crippen LogP contribution in [0.2, 0.25) is 0 Å². The molecule has 1 fully saturated rings. The van der Waals surface area contributed by atoms with E-state index in [1.54, 1.807) is 31.4 Å². The molecule has 1 atom stereocenters. The zero-order valence-electron chi connectivity index (χ0n) is 12.0. The van der Waals surface area contributed by atoms with Gasteiger partial charge in [-0.3, -0.25) is 0 Å². The van der Waals surface area contributed by atoms with Crippen LogP contribution in [0, 0.1) is 6.92 Å². The van der Waals surface area contributed by atoms with Gasteiger partial charge in [0.1, 0.15) is 0 Å². The summed E-state index contributed by atoms with van der Waals surface area (Å²) in [7, 11) is -1.83. The van der Waals surface area contributed by atoms with Gasteiger partial charge in [0.25, 0.3) is 0 Å². The zero-order valence-corrected chi connectivity index (χ0v) is 12.8. The predicted octanol–water partition coefficient (Wildman–Crippen LogP) is 1.04. The number of nitrogens with one attached hydrogen (secondary N) is 2. The van der Waals surface area contributed by atoms with Crippen LogP contribution < -0.4 is 10.0 Å². The third-order valence-electron chi connectivity index (χ3n) is 3.68. The van der Waals surface area contributed by atoms with Crippen LogP contribution in [-0.4, -0.2) is 40.8 Å². The lowest BCUT2D eigenvalue weighted by Gasteiger charge is -2.28. The second kappa shape index (κ2) is 6.22. The van der Waals surface area contributed by atoms with Crippen molar-refractivity contribution in [2.75, 3.05) is 26.8 Å². The Balaban J connectivity index is 2.06. The highest BCUT2D eigenvalue weighted by molar-refractivity contribution is 7.89. The number of rotatable bonds is 6. The molecule has 0 amide bonds. The van der Waals surface area contributed by atoms with Crippen molar-refractivity contribution in [3.63, 3.8) is 0 Å². The summed E-state index contributed by atoms with van der Waals surface area (Å²) in [5.41, 5.74) is 0.754. The Morgan fingerprint density at radius 1 is 1.35 bits per heavy atom. The SMILES string of the molecule is COCC1(CNS(=O)(=O)c2ccc(C)cc2)CCCN1. The number of benzene rings is 1. The lowest BCUT2D eigenvalue weighted by Crippen LogP contribution is -2.52. The molecule has 5 nitrogen and oxygen atoms in total. The smallest absolute Gasteiger partial charge is 0.240 e. The van der Waals surface area contributed by atoms with Crippen molar-refractivity contribution >= 4 is 10.0 Å². The van der Waals surface area contributed by atoms with E-state index in [4.69, 9.17) is 4.74 Å². The fourth-order valence-electron chi connectivity index (χ4n) is 2.50. The Hall–Kier alpha value is -0.950. The van der Waals surface area contributed by atoms with Crippen molar-refractivity contribution in [3.05, 3.63) is 29.8 Å². The largest absolute Gasteiger partial charge is 0.383 e. The maximum atomic E-state index is 12.3. The average molecular weight is 298 g/mol. The van der Waals surface area contributed by atoms with Crippen LogP contribution in [0.4, 0.5) is 0 Å². The van der Waals surface area contributed by atoms with Gasteiger partial charge >= 0.3 is 0 Å². The quantitative estimate of drug-likeness (QED) is 0.823. The Kier molecular flexibility index (Phi) is 4.80. The second-order valence-electron chi connectivity index (χ2n) is 5.38. The van der Waals surface area contributed by atoms with E-state index >= 15 is 0 Å². The summed E-state index contributed by atoms with van der Waals surface area (Å²) in [6.45, 7) is 3.68. The summed E-state index contributed by atoms with van der Waals surface area (Å²) in [4.78, 5) is 0.300. The highest BCUT2D eigenvalue weighted by atomic mass is 32.2. The number of ether oxygens (including phenoxy) is 1. The van der Waals surface area contributed by atoms with E-state index in [2.05, 4.69) is 10.0 Å². The summed E-state index contributed by atoms with van der Waals surface area (Å²) < 4.78 is 32.4. The number of methoxy groups -OCH3 is 1. The molecule has 2 N–H and O–H groups in total. The average Bonchev–Trinajstić information content (AvgIpc) is 2.87. The van der Waals surface area contributed by atoms with Gasteiger partial charge in [0, 0.05) is 13.7 Å². The van der Waals surface area contributed by atoms with Crippen LogP contribution in [0.1, 0.15) is 18.4 Å². The van der Waals surface area contributed by atoms with Crippen LogP contribution in [0.25, 0.3) is 0 Å². The first kappa shape index (κ1) is 15.4. The van der Waals surface area contributed by atoms with Crippen molar-refractivity contribution in [2.24, 2.45) is 0 Å². The minimum Gasteiger partial charge on any atom is -0.383 e. The first-order chi connectivity index (χ1) is 9.47. The number of hydrogen-bond acceptors (Lipinski definition) is 4. The van der Waals surface area contributed by atoms with Crippen LogP contribution >= 0.6 is 0 Å². The summed E-state index contributed by atoms with van der Waals surface area (Å²) in [6, 6.07) is 6.85. The van der Waals surface area contributed by atoms with Crippen molar-refractivity contribution in [1.29, 1.82) is 0 Å². The second-order valence-corrected chi connectivity index (χ2v) is 7.15. The van der Waals surface area contributed by atoms with Crippen molar-refractivity contribution in [3.8, 4) is 0 Å². The number of sulfonamides is 1. The van der Waals surface area contributed by atoms with Crippen LogP contribution in [0.15, 0.2) is 29.2 Å². The molecule has 0 saturated carbocycles. The summed E-state index contributed by atoms with van der Waals surface area (Å²) in [6.07, 6.45) is 1.95. The Labute approximate surface area is 120 Å². The first-order valence-electron chi connectivity index (χ1n) is 6.78. The summed E-state index contributed by atoms with van der Waals surface area (Å²) >= 11 is 0. The molecule has 1 aromatic rings. The molecule has 0 radical (unpaired) electrons. The van der Waals surface area contributed by atoms with E-state index in [-0.39, 0.29) is 5.54 Å². The molecule has 112 valence electrons.